The monoisotopic (exact) mass is 404 g/mol. The van der Waals surface area contributed by atoms with Gasteiger partial charge in [-0.3, -0.25) is 0 Å². The molecule has 4 rings (SSSR count). The highest BCUT2D eigenvalue weighted by atomic mass is 35.5. The number of aromatic amines is 1. The number of carbonyl (C=O) groups excluding carboxylic acids is 1. The Bertz CT molecular complexity index is 1200. The summed E-state index contributed by atoms with van der Waals surface area (Å²) in [4.78, 5) is 14.9. The molecule has 8 heteroatoms. The molecule has 2 aromatic heterocycles. The Hall–Kier alpha value is -3.06. The maximum absolute atomic E-state index is 13.9. The number of aryl methyl sites for hydroxylation is 1. The third-order valence-electron chi connectivity index (χ3n) is 4.44. The molecule has 144 valence electrons. The second-order valence-electron chi connectivity index (χ2n) is 6.35. The standard InChI is InChI=1S/C20H15ClF2N2O3/c1-10-14(15-8-13(22)9-16(23)19(15)25-10)4-5-24-20(26)28-18-7-11-6-12(21)2-3-17(11)27-18/h2-3,6-9,25H,4-5H2,1H3,(H,24,26). The van der Waals surface area contributed by atoms with Crippen molar-refractivity contribution < 1.29 is 22.7 Å². The highest BCUT2D eigenvalue weighted by Gasteiger charge is 2.15. The number of nitrogens with one attached hydrogen (secondary N) is 2. The Morgan fingerprint density at radius 1 is 1.25 bits per heavy atom. The van der Waals surface area contributed by atoms with Gasteiger partial charge < -0.3 is 19.5 Å². The van der Waals surface area contributed by atoms with Crippen LogP contribution in [0, 0.1) is 18.6 Å². The van der Waals surface area contributed by atoms with Crippen molar-refractivity contribution in [3.8, 4) is 5.95 Å². The molecule has 0 spiro atoms. The van der Waals surface area contributed by atoms with Gasteiger partial charge in [-0.25, -0.2) is 13.6 Å². The van der Waals surface area contributed by atoms with Crippen molar-refractivity contribution in [1.82, 2.24) is 10.3 Å². The number of ether oxygens (including phenoxy) is 1. The quantitative estimate of drug-likeness (QED) is 0.473. The van der Waals surface area contributed by atoms with Gasteiger partial charge in [0.1, 0.15) is 17.2 Å². The lowest BCUT2D eigenvalue weighted by molar-refractivity contribution is 0.189. The van der Waals surface area contributed by atoms with Gasteiger partial charge in [0.15, 0.2) is 0 Å². The summed E-state index contributed by atoms with van der Waals surface area (Å²) in [6.45, 7) is 1.99. The maximum atomic E-state index is 13.9. The molecule has 2 N–H and O–H groups in total. The van der Waals surface area contributed by atoms with E-state index in [1.165, 1.54) is 6.07 Å². The van der Waals surface area contributed by atoms with Crippen LogP contribution in [0.15, 0.2) is 40.8 Å². The summed E-state index contributed by atoms with van der Waals surface area (Å²) in [6.07, 6.45) is -0.320. The van der Waals surface area contributed by atoms with Crippen LogP contribution >= 0.6 is 11.6 Å². The van der Waals surface area contributed by atoms with Crippen LogP contribution in [0.1, 0.15) is 11.3 Å². The molecule has 0 saturated heterocycles. The Kier molecular flexibility index (Phi) is 4.68. The number of hydrogen-bond donors (Lipinski definition) is 2. The van der Waals surface area contributed by atoms with Crippen molar-refractivity contribution in [2.24, 2.45) is 0 Å². The van der Waals surface area contributed by atoms with Gasteiger partial charge in [-0.05, 0) is 43.2 Å². The fraction of sp³-hybridized carbons (Fsp3) is 0.150. The molecule has 5 nitrogen and oxygen atoms in total. The van der Waals surface area contributed by atoms with E-state index >= 15 is 0 Å². The molecule has 0 aliphatic rings. The van der Waals surface area contributed by atoms with E-state index in [4.69, 9.17) is 20.8 Å². The average Bonchev–Trinajstić information content (AvgIpc) is 3.15. The molecule has 0 radical (unpaired) electrons. The SMILES string of the molecule is Cc1[nH]c2c(F)cc(F)cc2c1CCNC(=O)Oc1cc2cc(Cl)ccc2o1. The Morgan fingerprint density at radius 3 is 2.89 bits per heavy atom. The second kappa shape index (κ2) is 7.16. The summed E-state index contributed by atoms with van der Waals surface area (Å²) in [5, 5.41) is 4.32. The minimum Gasteiger partial charge on any atom is -0.425 e. The van der Waals surface area contributed by atoms with E-state index < -0.39 is 17.7 Å². The fourth-order valence-electron chi connectivity index (χ4n) is 3.18. The molecule has 0 aliphatic heterocycles. The summed E-state index contributed by atoms with van der Waals surface area (Å²) < 4.78 is 37.9. The smallest absolute Gasteiger partial charge is 0.415 e. The Balaban J connectivity index is 1.41. The van der Waals surface area contributed by atoms with Gasteiger partial charge >= 0.3 is 6.09 Å². The largest absolute Gasteiger partial charge is 0.425 e. The Morgan fingerprint density at radius 2 is 2.07 bits per heavy atom. The number of aromatic nitrogens is 1. The van der Waals surface area contributed by atoms with Crippen LogP contribution in [0.4, 0.5) is 13.6 Å². The number of rotatable bonds is 4. The van der Waals surface area contributed by atoms with E-state index in [1.807, 2.05) is 0 Å². The number of hydrogen-bond acceptors (Lipinski definition) is 3. The molecular formula is C20H15ClF2N2O3. The summed E-state index contributed by atoms with van der Waals surface area (Å²) in [5.41, 5.74) is 2.24. The first-order chi connectivity index (χ1) is 13.4. The van der Waals surface area contributed by atoms with Crippen molar-refractivity contribution in [3.63, 3.8) is 0 Å². The minimum absolute atomic E-state index is 0.0437. The van der Waals surface area contributed by atoms with Gasteiger partial charge in [0.2, 0.25) is 0 Å². The first-order valence-corrected chi connectivity index (χ1v) is 8.89. The van der Waals surface area contributed by atoms with Gasteiger partial charge in [-0.15, -0.1) is 0 Å². The predicted octanol–water partition coefficient (Wildman–Crippen LogP) is 5.49. The van der Waals surface area contributed by atoms with Crippen molar-refractivity contribution in [3.05, 3.63) is 64.3 Å². The highest BCUT2D eigenvalue weighted by molar-refractivity contribution is 6.31. The van der Waals surface area contributed by atoms with E-state index in [1.54, 1.807) is 31.2 Å². The molecule has 0 fully saturated rings. The summed E-state index contributed by atoms with van der Waals surface area (Å²) in [5.74, 6) is -1.26. The van der Waals surface area contributed by atoms with E-state index in [0.717, 1.165) is 11.6 Å². The third kappa shape index (κ3) is 3.53. The van der Waals surface area contributed by atoms with Gasteiger partial charge in [0, 0.05) is 40.2 Å². The topological polar surface area (TPSA) is 67.3 Å². The summed E-state index contributed by atoms with van der Waals surface area (Å²) in [6, 6.07) is 8.72. The molecule has 2 aromatic carbocycles. The van der Waals surface area contributed by atoms with Crippen LogP contribution in [0.3, 0.4) is 0 Å². The molecule has 2 heterocycles. The van der Waals surface area contributed by atoms with Crippen LogP contribution in [-0.2, 0) is 6.42 Å². The van der Waals surface area contributed by atoms with Gasteiger partial charge in [-0.2, -0.15) is 0 Å². The summed E-state index contributed by atoms with van der Waals surface area (Å²) in [7, 11) is 0. The zero-order valence-electron chi connectivity index (χ0n) is 14.7. The van der Waals surface area contributed by atoms with Crippen molar-refractivity contribution in [2.45, 2.75) is 13.3 Å². The number of fused-ring (bicyclic) bond motifs is 2. The van der Waals surface area contributed by atoms with Gasteiger partial charge in [0.05, 0.1) is 5.52 Å². The van der Waals surface area contributed by atoms with Crippen molar-refractivity contribution >= 4 is 39.6 Å². The lowest BCUT2D eigenvalue weighted by Gasteiger charge is -2.05. The second-order valence-corrected chi connectivity index (χ2v) is 6.79. The zero-order valence-corrected chi connectivity index (χ0v) is 15.5. The van der Waals surface area contributed by atoms with Crippen molar-refractivity contribution in [2.75, 3.05) is 6.54 Å². The predicted molar refractivity (Wildman–Crippen MR) is 102 cm³/mol. The zero-order chi connectivity index (χ0) is 19.8. The fourth-order valence-corrected chi connectivity index (χ4v) is 3.36. The number of halogens is 3. The average molecular weight is 405 g/mol. The van der Waals surface area contributed by atoms with Crippen molar-refractivity contribution in [1.29, 1.82) is 0 Å². The van der Waals surface area contributed by atoms with E-state index in [9.17, 15) is 13.6 Å². The number of benzene rings is 2. The van der Waals surface area contributed by atoms with Crippen LogP contribution in [0.5, 0.6) is 5.95 Å². The summed E-state index contributed by atoms with van der Waals surface area (Å²) >= 11 is 5.91. The maximum Gasteiger partial charge on any atom is 0.415 e. The number of carbonyl (C=O) groups is 1. The lowest BCUT2D eigenvalue weighted by atomic mass is 10.1. The first-order valence-electron chi connectivity index (χ1n) is 8.51. The van der Waals surface area contributed by atoms with Crippen LogP contribution in [0.25, 0.3) is 21.9 Å². The van der Waals surface area contributed by atoms with E-state index in [0.29, 0.717) is 33.5 Å². The van der Waals surface area contributed by atoms with Crippen LogP contribution in [0.2, 0.25) is 5.02 Å². The van der Waals surface area contributed by atoms with E-state index in [-0.39, 0.29) is 18.0 Å². The molecule has 1 amide bonds. The van der Waals surface area contributed by atoms with Crippen LogP contribution < -0.4 is 10.1 Å². The number of H-pyrrole nitrogens is 1. The number of furan rings is 1. The van der Waals surface area contributed by atoms with Crippen LogP contribution in [-0.4, -0.2) is 17.6 Å². The van der Waals surface area contributed by atoms with Gasteiger partial charge in [0.25, 0.3) is 5.95 Å². The lowest BCUT2D eigenvalue weighted by Crippen LogP contribution is -2.28. The molecule has 0 aliphatic carbocycles. The normalized spacial score (nSPS) is 11.3. The van der Waals surface area contributed by atoms with E-state index in [2.05, 4.69) is 10.3 Å². The third-order valence-corrected chi connectivity index (χ3v) is 4.67. The highest BCUT2D eigenvalue weighted by Crippen LogP contribution is 2.28. The molecule has 4 aromatic rings. The Labute approximate surface area is 163 Å². The molecular weight excluding hydrogens is 390 g/mol. The molecule has 28 heavy (non-hydrogen) atoms. The molecule has 0 bridgehead atoms. The molecule has 0 unspecified atom stereocenters. The minimum atomic E-state index is -0.694. The number of amides is 1. The first kappa shape index (κ1) is 18.3. The molecule has 0 saturated carbocycles. The molecule has 0 atom stereocenters. The van der Waals surface area contributed by atoms with Gasteiger partial charge in [-0.1, -0.05) is 11.6 Å².